The van der Waals surface area contributed by atoms with Gasteiger partial charge in [-0.3, -0.25) is 4.79 Å². The van der Waals surface area contributed by atoms with Crippen molar-refractivity contribution in [1.29, 1.82) is 0 Å². The summed E-state index contributed by atoms with van der Waals surface area (Å²) in [6, 6.07) is 11.7. The fraction of sp³-hybridized carbons (Fsp3) is 0.0714. The van der Waals surface area contributed by atoms with Crippen LogP contribution >= 0.6 is 11.8 Å². The summed E-state index contributed by atoms with van der Waals surface area (Å²) in [7, 11) is 0. The summed E-state index contributed by atoms with van der Waals surface area (Å²) in [4.78, 5) is 12.0. The van der Waals surface area contributed by atoms with Crippen LogP contribution in [0.1, 0.15) is 10.8 Å². The number of rotatable bonds is 4. The average Bonchev–Trinajstić information content (AvgIpc) is 2.39. The van der Waals surface area contributed by atoms with Crippen LogP contribution in [-0.2, 0) is 4.79 Å². The second-order valence-corrected chi connectivity index (χ2v) is 5.06. The molecule has 0 saturated heterocycles. The number of thioether (sulfide) groups is 1. The molecular weight excluding hydrogens is 267 g/mol. The van der Waals surface area contributed by atoms with E-state index in [0.717, 1.165) is 16.7 Å². The summed E-state index contributed by atoms with van der Waals surface area (Å²) >= 11 is 1.13. The minimum Gasteiger partial charge on any atom is -0.508 e. The van der Waals surface area contributed by atoms with Gasteiger partial charge in [0.15, 0.2) is 0 Å². The molecule has 0 aliphatic heterocycles. The maximum Gasteiger partial charge on any atom is 0.321 e. The smallest absolute Gasteiger partial charge is 0.321 e. The summed E-state index contributed by atoms with van der Waals surface area (Å²) in [5, 5.41) is 17.6. The standard InChI is InChI=1S/C14H11FO3S/c15-10-3-1-9(2-4-10)13(14(17)18)19-12-7-5-11(16)6-8-12/h1-8,13,16H,(H,17,18). The SMILES string of the molecule is O=C(O)C(Sc1ccc(O)cc1)c1ccc(F)cc1. The van der Waals surface area contributed by atoms with Crippen LogP contribution in [-0.4, -0.2) is 16.2 Å². The number of benzene rings is 2. The molecule has 0 heterocycles. The molecule has 2 N–H and O–H groups in total. The Kier molecular flexibility index (Phi) is 4.06. The van der Waals surface area contributed by atoms with E-state index in [1.807, 2.05) is 0 Å². The van der Waals surface area contributed by atoms with Gasteiger partial charge in [0.2, 0.25) is 0 Å². The number of hydrogen-bond acceptors (Lipinski definition) is 3. The zero-order chi connectivity index (χ0) is 13.8. The predicted octanol–water partition coefficient (Wildman–Crippen LogP) is 3.45. The molecule has 1 atom stereocenters. The molecule has 0 amide bonds. The number of phenols is 1. The van der Waals surface area contributed by atoms with Crippen molar-refractivity contribution in [2.75, 3.05) is 0 Å². The Hall–Kier alpha value is -2.01. The number of carboxylic acid groups (broad SMARTS) is 1. The van der Waals surface area contributed by atoms with E-state index in [1.165, 1.54) is 36.4 Å². The maximum atomic E-state index is 12.8. The van der Waals surface area contributed by atoms with Crippen molar-refractivity contribution in [2.45, 2.75) is 10.1 Å². The van der Waals surface area contributed by atoms with Gasteiger partial charge in [0, 0.05) is 4.90 Å². The van der Waals surface area contributed by atoms with Crippen molar-refractivity contribution >= 4 is 17.7 Å². The van der Waals surface area contributed by atoms with Gasteiger partial charge in [-0.1, -0.05) is 12.1 Å². The normalized spacial score (nSPS) is 12.1. The average molecular weight is 278 g/mol. The first-order chi connectivity index (χ1) is 9.06. The minimum atomic E-state index is -0.996. The van der Waals surface area contributed by atoms with Crippen molar-refractivity contribution in [3.05, 3.63) is 59.9 Å². The van der Waals surface area contributed by atoms with Crippen LogP contribution in [0.15, 0.2) is 53.4 Å². The van der Waals surface area contributed by atoms with Crippen molar-refractivity contribution in [3.63, 3.8) is 0 Å². The highest BCUT2D eigenvalue weighted by molar-refractivity contribution is 8.00. The number of carbonyl (C=O) groups is 1. The second-order valence-electron chi connectivity index (χ2n) is 3.88. The molecule has 0 radical (unpaired) electrons. The number of hydrogen-bond donors (Lipinski definition) is 2. The van der Waals surface area contributed by atoms with E-state index in [9.17, 15) is 19.4 Å². The van der Waals surface area contributed by atoms with Gasteiger partial charge in [0.25, 0.3) is 0 Å². The maximum absolute atomic E-state index is 12.8. The van der Waals surface area contributed by atoms with E-state index in [-0.39, 0.29) is 5.75 Å². The van der Waals surface area contributed by atoms with Crippen molar-refractivity contribution in [2.24, 2.45) is 0 Å². The molecule has 3 nitrogen and oxygen atoms in total. The third kappa shape index (κ3) is 3.48. The lowest BCUT2D eigenvalue weighted by Gasteiger charge is -2.12. The van der Waals surface area contributed by atoms with Crippen molar-refractivity contribution in [3.8, 4) is 5.75 Å². The first-order valence-electron chi connectivity index (χ1n) is 5.50. The van der Waals surface area contributed by atoms with Gasteiger partial charge in [0.05, 0.1) is 0 Å². The monoisotopic (exact) mass is 278 g/mol. The molecule has 0 spiro atoms. The van der Waals surface area contributed by atoms with E-state index >= 15 is 0 Å². The summed E-state index contributed by atoms with van der Waals surface area (Å²) < 4.78 is 12.8. The van der Waals surface area contributed by atoms with Crippen molar-refractivity contribution in [1.82, 2.24) is 0 Å². The Labute approximate surface area is 113 Å². The highest BCUT2D eigenvalue weighted by Gasteiger charge is 2.21. The molecule has 0 aliphatic carbocycles. The number of aromatic hydroxyl groups is 1. The lowest BCUT2D eigenvalue weighted by Crippen LogP contribution is -2.07. The number of halogens is 1. The molecule has 5 heteroatoms. The van der Waals surface area contributed by atoms with Gasteiger partial charge in [0.1, 0.15) is 16.8 Å². The van der Waals surface area contributed by atoms with Crippen LogP contribution in [0.4, 0.5) is 4.39 Å². The quantitative estimate of drug-likeness (QED) is 0.841. The van der Waals surface area contributed by atoms with Gasteiger partial charge in [-0.2, -0.15) is 0 Å². The number of aliphatic carboxylic acids is 1. The molecule has 0 aliphatic rings. The van der Waals surface area contributed by atoms with Gasteiger partial charge < -0.3 is 10.2 Å². The van der Waals surface area contributed by atoms with Crippen LogP contribution in [0.5, 0.6) is 5.75 Å². The zero-order valence-electron chi connectivity index (χ0n) is 9.79. The van der Waals surface area contributed by atoms with E-state index in [2.05, 4.69) is 0 Å². The lowest BCUT2D eigenvalue weighted by molar-refractivity contribution is -0.136. The Balaban J connectivity index is 2.23. The molecule has 0 saturated carbocycles. The first-order valence-corrected chi connectivity index (χ1v) is 6.38. The lowest BCUT2D eigenvalue weighted by atomic mass is 10.1. The molecule has 1 unspecified atom stereocenters. The molecule has 98 valence electrons. The molecule has 2 rings (SSSR count). The Morgan fingerprint density at radius 1 is 1.05 bits per heavy atom. The summed E-state index contributed by atoms with van der Waals surface area (Å²) in [6.45, 7) is 0. The summed E-state index contributed by atoms with van der Waals surface area (Å²) in [5.74, 6) is -1.27. The third-order valence-corrected chi connectivity index (χ3v) is 3.74. The molecule has 0 fully saturated rings. The molecular formula is C14H11FO3S. The van der Waals surface area contributed by atoms with Gasteiger partial charge >= 0.3 is 5.97 Å². The highest BCUT2D eigenvalue weighted by Crippen LogP contribution is 2.36. The van der Waals surface area contributed by atoms with Crippen LogP contribution in [0, 0.1) is 5.82 Å². The fourth-order valence-electron chi connectivity index (χ4n) is 1.56. The molecule has 2 aromatic rings. The predicted molar refractivity (Wildman–Crippen MR) is 70.7 cm³/mol. The number of phenolic OH excluding ortho intramolecular Hbond substituents is 1. The Morgan fingerprint density at radius 3 is 2.16 bits per heavy atom. The largest absolute Gasteiger partial charge is 0.508 e. The van der Waals surface area contributed by atoms with Gasteiger partial charge in [-0.15, -0.1) is 11.8 Å². The fourth-order valence-corrected chi connectivity index (χ4v) is 2.52. The van der Waals surface area contributed by atoms with E-state index in [0.29, 0.717) is 5.56 Å². The molecule has 19 heavy (non-hydrogen) atoms. The van der Waals surface area contributed by atoms with Crippen molar-refractivity contribution < 1.29 is 19.4 Å². The van der Waals surface area contributed by atoms with E-state index in [1.54, 1.807) is 12.1 Å². The van der Waals surface area contributed by atoms with Crippen LogP contribution < -0.4 is 0 Å². The summed E-state index contributed by atoms with van der Waals surface area (Å²) in [5.41, 5.74) is 0.520. The number of carboxylic acids is 1. The molecule has 2 aromatic carbocycles. The van der Waals surface area contributed by atoms with Crippen LogP contribution in [0.2, 0.25) is 0 Å². The van der Waals surface area contributed by atoms with Crippen LogP contribution in [0.25, 0.3) is 0 Å². The molecule has 0 aromatic heterocycles. The topological polar surface area (TPSA) is 57.5 Å². The second kappa shape index (κ2) is 5.75. The van der Waals surface area contributed by atoms with E-state index in [4.69, 9.17) is 0 Å². The summed E-state index contributed by atoms with van der Waals surface area (Å²) in [6.07, 6.45) is 0. The minimum absolute atomic E-state index is 0.123. The third-order valence-electron chi connectivity index (χ3n) is 2.49. The molecule has 0 bridgehead atoms. The van der Waals surface area contributed by atoms with Gasteiger partial charge in [-0.25, -0.2) is 4.39 Å². The Bertz CT molecular complexity index is 566. The van der Waals surface area contributed by atoms with Crippen LogP contribution in [0.3, 0.4) is 0 Å². The van der Waals surface area contributed by atoms with E-state index < -0.39 is 17.0 Å². The highest BCUT2D eigenvalue weighted by atomic mass is 32.2. The first kappa shape index (κ1) is 13.4. The Morgan fingerprint density at radius 2 is 1.63 bits per heavy atom. The zero-order valence-corrected chi connectivity index (χ0v) is 10.6. The van der Waals surface area contributed by atoms with Gasteiger partial charge in [-0.05, 0) is 42.0 Å².